The Morgan fingerprint density at radius 1 is 0.830 bits per heavy atom. The maximum Gasteiger partial charge on any atom is 0.269 e. The smallest absolute Gasteiger partial charge is 0.269 e. The number of amides is 2. The third kappa shape index (κ3) is 4.94. The Balaban J connectivity index is 1.38. The molecule has 1 saturated carbocycles. The molecule has 0 radical (unpaired) electrons. The number of hydrogen-bond donors (Lipinski definition) is 1. The zero-order chi connectivity index (χ0) is 37.2. The zero-order valence-corrected chi connectivity index (χ0v) is 28.8. The maximum atomic E-state index is 15.3. The van der Waals surface area contributed by atoms with Gasteiger partial charge in [0.15, 0.2) is 11.6 Å². The molecule has 4 aromatic rings. The van der Waals surface area contributed by atoms with Crippen molar-refractivity contribution in [2.75, 3.05) is 19.1 Å². The molecular formula is C42H34N2O9. The predicted octanol–water partition coefficient (Wildman–Crippen LogP) is 6.35. The Bertz CT molecular complexity index is 2240. The summed E-state index contributed by atoms with van der Waals surface area (Å²) in [6.07, 6.45) is 3.61. The summed E-state index contributed by atoms with van der Waals surface area (Å²) in [7, 11) is 2.89. The predicted molar refractivity (Wildman–Crippen MR) is 193 cm³/mol. The molecule has 0 aromatic heterocycles. The first-order valence-corrected chi connectivity index (χ1v) is 17.3. The van der Waals surface area contributed by atoms with Crippen molar-refractivity contribution in [3.8, 4) is 17.2 Å². The SMILES string of the molecule is COc1cc(O)cc(OC)c1C1C2=CCC3C(=O)N(c4ccc([N+](=O)[O-])cc4)C(=O)C3C2CC2C(=O)C(c3ccccc3)=CC(=O)C21c1ccccc1. The zero-order valence-electron chi connectivity index (χ0n) is 28.8. The van der Waals surface area contributed by atoms with Crippen LogP contribution in [0.25, 0.3) is 5.57 Å². The van der Waals surface area contributed by atoms with Crippen LogP contribution in [0.4, 0.5) is 11.4 Å². The van der Waals surface area contributed by atoms with Gasteiger partial charge in [-0.1, -0.05) is 72.3 Å². The molecule has 4 aliphatic rings. The maximum absolute atomic E-state index is 15.3. The van der Waals surface area contributed by atoms with Crippen LogP contribution < -0.4 is 14.4 Å². The van der Waals surface area contributed by atoms with Gasteiger partial charge in [-0.05, 0) is 48.1 Å². The van der Waals surface area contributed by atoms with Crippen LogP contribution in [0.1, 0.15) is 35.4 Å². The molecule has 1 N–H and O–H groups in total. The number of nitro groups is 1. The van der Waals surface area contributed by atoms with Crippen molar-refractivity contribution in [3.05, 3.63) is 142 Å². The van der Waals surface area contributed by atoms with E-state index in [4.69, 9.17) is 9.47 Å². The second-order valence-electron chi connectivity index (χ2n) is 13.8. The number of anilines is 1. The van der Waals surface area contributed by atoms with Crippen LogP contribution in [-0.4, -0.2) is 47.6 Å². The monoisotopic (exact) mass is 710 g/mol. The molecule has 6 atom stereocenters. The first kappa shape index (κ1) is 33.8. The van der Waals surface area contributed by atoms with E-state index in [1.807, 2.05) is 42.5 Å². The van der Waals surface area contributed by atoms with Crippen LogP contribution in [0.15, 0.2) is 115 Å². The summed E-state index contributed by atoms with van der Waals surface area (Å²) in [6.45, 7) is 0. The van der Waals surface area contributed by atoms with Gasteiger partial charge in [0, 0.05) is 47.2 Å². The molecule has 1 saturated heterocycles. The molecule has 0 bridgehead atoms. The summed E-state index contributed by atoms with van der Waals surface area (Å²) < 4.78 is 11.8. The largest absolute Gasteiger partial charge is 0.508 e. The van der Waals surface area contributed by atoms with Crippen LogP contribution in [0.3, 0.4) is 0 Å². The highest BCUT2D eigenvalue weighted by atomic mass is 16.6. The van der Waals surface area contributed by atoms with Crippen molar-refractivity contribution >= 4 is 40.3 Å². The number of fused-ring (bicyclic) bond motifs is 4. The van der Waals surface area contributed by atoms with E-state index < -0.39 is 51.7 Å². The van der Waals surface area contributed by atoms with Gasteiger partial charge >= 0.3 is 0 Å². The first-order valence-electron chi connectivity index (χ1n) is 17.3. The number of nitrogens with zero attached hydrogens (tertiary/aromatic N) is 2. The normalized spacial score (nSPS) is 26.2. The first-order chi connectivity index (χ1) is 25.6. The Kier molecular flexibility index (Phi) is 8.09. The Labute approximate surface area is 304 Å². The number of imide groups is 1. The van der Waals surface area contributed by atoms with Crippen LogP contribution in [-0.2, 0) is 24.6 Å². The topological polar surface area (TPSA) is 153 Å². The van der Waals surface area contributed by atoms with E-state index in [0.29, 0.717) is 22.3 Å². The minimum atomic E-state index is -1.53. The molecule has 1 heterocycles. The van der Waals surface area contributed by atoms with Crippen LogP contribution >= 0.6 is 0 Å². The highest BCUT2D eigenvalue weighted by Crippen LogP contribution is 2.65. The summed E-state index contributed by atoms with van der Waals surface area (Å²) in [5, 5.41) is 22.1. The van der Waals surface area contributed by atoms with Crippen molar-refractivity contribution in [2.24, 2.45) is 23.7 Å². The molecule has 11 heteroatoms. The average molecular weight is 711 g/mol. The summed E-state index contributed by atoms with van der Waals surface area (Å²) in [6, 6.07) is 26.2. The van der Waals surface area contributed by atoms with E-state index >= 15 is 9.59 Å². The molecule has 2 fully saturated rings. The summed E-state index contributed by atoms with van der Waals surface area (Å²) >= 11 is 0. The number of aromatic hydroxyl groups is 1. The standard InChI is InChI=1S/C42H34N2O9/c1-52-33-19-27(45)20-34(53-2)37(33)38-28-17-18-29-36(41(49)43(40(29)48)25-13-15-26(16-14-25)44(50)51)31(28)21-32-39(47)30(23-9-5-3-6-10-23)22-35(46)42(32,38)24-11-7-4-8-12-24/h3-17,19-20,22,29,31-32,36,38,45H,18,21H2,1-2H3. The molecular weight excluding hydrogens is 676 g/mol. The number of rotatable bonds is 7. The molecule has 8 rings (SSSR count). The molecule has 4 aromatic carbocycles. The lowest BCUT2D eigenvalue weighted by molar-refractivity contribution is -0.384. The van der Waals surface area contributed by atoms with E-state index in [9.17, 15) is 24.8 Å². The molecule has 266 valence electrons. The van der Waals surface area contributed by atoms with Gasteiger partial charge < -0.3 is 14.6 Å². The summed E-state index contributed by atoms with van der Waals surface area (Å²) in [4.78, 5) is 71.0. The lowest BCUT2D eigenvalue weighted by Crippen LogP contribution is -2.59. The highest BCUT2D eigenvalue weighted by Gasteiger charge is 2.66. The molecule has 11 nitrogen and oxygen atoms in total. The van der Waals surface area contributed by atoms with Crippen molar-refractivity contribution in [1.29, 1.82) is 0 Å². The molecule has 0 spiro atoms. The third-order valence-electron chi connectivity index (χ3n) is 11.5. The van der Waals surface area contributed by atoms with Gasteiger partial charge in [-0.2, -0.15) is 0 Å². The van der Waals surface area contributed by atoms with E-state index in [0.717, 1.165) is 4.90 Å². The Morgan fingerprint density at radius 2 is 1.45 bits per heavy atom. The van der Waals surface area contributed by atoms with Crippen molar-refractivity contribution in [2.45, 2.75) is 24.2 Å². The van der Waals surface area contributed by atoms with E-state index in [2.05, 4.69) is 0 Å². The number of nitro benzene ring substituents is 1. The van der Waals surface area contributed by atoms with Crippen molar-refractivity contribution < 1.29 is 38.7 Å². The summed E-state index contributed by atoms with van der Waals surface area (Å²) in [5.74, 6) is -5.43. The van der Waals surface area contributed by atoms with Gasteiger partial charge in [-0.3, -0.25) is 34.2 Å². The van der Waals surface area contributed by atoms with E-state index in [1.54, 1.807) is 24.3 Å². The summed E-state index contributed by atoms with van der Waals surface area (Å²) in [5.41, 5.74) is 1.06. The quantitative estimate of drug-likeness (QED) is 0.100. The second kappa shape index (κ2) is 12.7. The third-order valence-corrected chi connectivity index (χ3v) is 11.5. The number of allylic oxidation sites excluding steroid dienone is 4. The number of benzene rings is 4. The highest BCUT2D eigenvalue weighted by molar-refractivity contribution is 6.32. The van der Waals surface area contributed by atoms with Gasteiger partial charge in [0.05, 0.1) is 42.1 Å². The minimum absolute atomic E-state index is 0.0863. The van der Waals surface area contributed by atoms with Gasteiger partial charge in [0.1, 0.15) is 17.2 Å². The molecule has 1 aliphatic heterocycles. The second-order valence-corrected chi connectivity index (χ2v) is 13.8. The van der Waals surface area contributed by atoms with E-state index in [-0.39, 0.29) is 58.6 Å². The van der Waals surface area contributed by atoms with Crippen LogP contribution in [0.5, 0.6) is 17.2 Å². The number of hydrogen-bond acceptors (Lipinski definition) is 9. The lowest BCUT2D eigenvalue weighted by atomic mass is 9.44. The number of phenols is 1. The molecule has 3 aliphatic carbocycles. The molecule has 6 unspecified atom stereocenters. The minimum Gasteiger partial charge on any atom is -0.508 e. The fraction of sp³-hybridized carbons (Fsp3) is 0.238. The van der Waals surface area contributed by atoms with Crippen LogP contribution in [0, 0.1) is 33.8 Å². The number of phenolic OH excluding ortho intramolecular Hbond substituents is 1. The number of carbonyl (C=O) groups excluding carboxylic acids is 4. The fourth-order valence-corrected chi connectivity index (χ4v) is 9.38. The van der Waals surface area contributed by atoms with Crippen molar-refractivity contribution in [1.82, 2.24) is 0 Å². The van der Waals surface area contributed by atoms with Crippen LogP contribution in [0.2, 0.25) is 0 Å². The van der Waals surface area contributed by atoms with Gasteiger partial charge in [0.2, 0.25) is 11.8 Å². The number of ketones is 2. The van der Waals surface area contributed by atoms with Gasteiger partial charge in [-0.25, -0.2) is 0 Å². The lowest BCUT2D eigenvalue weighted by Gasteiger charge is -2.55. The fourth-order valence-electron chi connectivity index (χ4n) is 9.38. The Hall–Kier alpha value is -6.36. The molecule has 2 amide bonds. The van der Waals surface area contributed by atoms with E-state index in [1.165, 1.54) is 56.7 Å². The average Bonchev–Trinajstić information content (AvgIpc) is 3.44. The molecule has 53 heavy (non-hydrogen) atoms. The number of Topliss-reactive ketones (excluding diaryl/α,β-unsaturated/α-hetero) is 1. The Morgan fingerprint density at radius 3 is 2.06 bits per heavy atom. The number of ether oxygens (including phenoxy) is 2. The van der Waals surface area contributed by atoms with Gasteiger partial charge in [-0.15, -0.1) is 0 Å². The van der Waals surface area contributed by atoms with Gasteiger partial charge in [0.25, 0.3) is 5.69 Å². The van der Waals surface area contributed by atoms with Crippen molar-refractivity contribution in [3.63, 3.8) is 0 Å². The number of carbonyl (C=O) groups is 4. The number of methoxy groups -OCH3 is 2. The number of non-ortho nitro benzene ring substituents is 1.